The summed E-state index contributed by atoms with van der Waals surface area (Å²) in [6.45, 7) is 5.72. The van der Waals surface area contributed by atoms with Crippen molar-refractivity contribution in [1.82, 2.24) is 5.32 Å². The van der Waals surface area contributed by atoms with E-state index in [9.17, 15) is 9.59 Å². The zero-order valence-electron chi connectivity index (χ0n) is 11.8. The highest BCUT2D eigenvalue weighted by Gasteiger charge is 2.15. The third kappa shape index (κ3) is 6.45. The van der Waals surface area contributed by atoms with E-state index >= 15 is 0 Å². The normalized spacial score (nSPS) is 10.2. The Bertz CT molecular complexity index is 562. The lowest BCUT2D eigenvalue weighted by molar-refractivity contribution is -0.112. The summed E-state index contributed by atoms with van der Waals surface area (Å²) in [5, 5.41) is 2.65. The van der Waals surface area contributed by atoms with E-state index in [4.69, 9.17) is 10.5 Å². The molecule has 0 unspecified atom stereocenters. The van der Waals surface area contributed by atoms with E-state index in [1.54, 1.807) is 39.0 Å². The molecule has 2 amide bonds. The lowest BCUT2D eigenvalue weighted by Gasteiger charge is -2.19. The fourth-order valence-corrected chi connectivity index (χ4v) is 1.38. The first kappa shape index (κ1) is 15.6. The van der Waals surface area contributed by atoms with Gasteiger partial charge in [-0.25, -0.2) is 4.79 Å². The first-order chi connectivity index (χ1) is 9.26. The van der Waals surface area contributed by atoms with Gasteiger partial charge in [0, 0.05) is 12.1 Å². The van der Waals surface area contributed by atoms with Crippen molar-refractivity contribution in [2.75, 3.05) is 0 Å². The predicted octanol–water partition coefficient (Wildman–Crippen LogP) is 1.55. The van der Waals surface area contributed by atoms with E-state index in [0.717, 1.165) is 5.56 Å². The molecule has 0 radical (unpaired) electrons. The van der Waals surface area contributed by atoms with Crippen LogP contribution in [0.15, 0.2) is 24.3 Å². The summed E-state index contributed by atoms with van der Waals surface area (Å²) in [5.74, 6) is 4.23. The van der Waals surface area contributed by atoms with Crippen LogP contribution in [0, 0.1) is 11.8 Å². The molecule has 5 heteroatoms. The molecule has 0 atom stereocenters. The minimum absolute atomic E-state index is 0.320. The van der Waals surface area contributed by atoms with E-state index in [0.29, 0.717) is 12.1 Å². The van der Waals surface area contributed by atoms with E-state index in [1.807, 2.05) is 6.07 Å². The highest BCUT2D eigenvalue weighted by molar-refractivity contribution is 5.92. The molecule has 1 aromatic carbocycles. The summed E-state index contributed by atoms with van der Waals surface area (Å²) < 4.78 is 5.13. The maximum atomic E-state index is 11.5. The zero-order chi connectivity index (χ0) is 15.2. The second-order valence-corrected chi connectivity index (χ2v) is 5.17. The number of primary amides is 1. The van der Waals surface area contributed by atoms with Crippen molar-refractivity contribution in [2.24, 2.45) is 5.73 Å². The number of ether oxygens (including phenoxy) is 1. The quantitative estimate of drug-likeness (QED) is 0.803. The van der Waals surface area contributed by atoms with Gasteiger partial charge in [0.25, 0.3) is 5.91 Å². The molecule has 3 N–H and O–H groups in total. The van der Waals surface area contributed by atoms with Crippen LogP contribution in [0.1, 0.15) is 31.9 Å². The first-order valence-electron chi connectivity index (χ1n) is 6.13. The third-order valence-corrected chi connectivity index (χ3v) is 2.09. The Hall–Kier alpha value is -2.48. The molecule has 106 valence electrons. The standard InChI is InChI=1S/C15H18N2O3/c1-15(2,3)20-14(19)17-10-12-6-4-5-11(9-12)7-8-13(16)18/h4-6,9H,10H2,1-3H3,(H2,16,18)(H,17,19). The Kier molecular flexibility index (Phi) is 5.15. The van der Waals surface area contributed by atoms with Gasteiger partial charge in [-0.15, -0.1) is 0 Å². The molecule has 0 fully saturated rings. The molecule has 0 aromatic heterocycles. The van der Waals surface area contributed by atoms with Gasteiger partial charge in [0.1, 0.15) is 5.60 Å². The number of carbonyl (C=O) groups is 2. The molecule has 0 bridgehead atoms. The van der Waals surface area contributed by atoms with Crippen molar-refractivity contribution in [1.29, 1.82) is 0 Å². The fraction of sp³-hybridized carbons (Fsp3) is 0.333. The summed E-state index contributed by atoms with van der Waals surface area (Å²) in [7, 11) is 0. The smallest absolute Gasteiger partial charge is 0.407 e. The molecule has 0 spiro atoms. The SMILES string of the molecule is CC(C)(C)OC(=O)NCc1cccc(C#CC(N)=O)c1. The van der Waals surface area contributed by atoms with Gasteiger partial charge in [0.05, 0.1) is 0 Å². The van der Waals surface area contributed by atoms with Crippen molar-refractivity contribution < 1.29 is 14.3 Å². The molecule has 5 nitrogen and oxygen atoms in total. The molecular weight excluding hydrogens is 256 g/mol. The van der Waals surface area contributed by atoms with Crippen molar-refractivity contribution in [3.8, 4) is 11.8 Å². The number of amides is 2. The highest BCUT2D eigenvalue weighted by Crippen LogP contribution is 2.08. The Labute approximate surface area is 118 Å². The third-order valence-electron chi connectivity index (χ3n) is 2.09. The number of carbonyl (C=O) groups excluding carboxylic acids is 2. The van der Waals surface area contributed by atoms with Crippen molar-refractivity contribution >= 4 is 12.0 Å². The number of benzene rings is 1. The number of hydrogen-bond donors (Lipinski definition) is 2. The minimum Gasteiger partial charge on any atom is -0.444 e. The van der Waals surface area contributed by atoms with E-state index in [1.165, 1.54) is 0 Å². The van der Waals surface area contributed by atoms with Gasteiger partial charge < -0.3 is 15.8 Å². The second kappa shape index (κ2) is 6.62. The molecule has 0 aliphatic carbocycles. The molecule has 0 saturated carbocycles. The van der Waals surface area contributed by atoms with E-state index in [2.05, 4.69) is 17.2 Å². The van der Waals surface area contributed by atoms with Crippen LogP contribution in [0.5, 0.6) is 0 Å². The second-order valence-electron chi connectivity index (χ2n) is 5.17. The number of hydrogen-bond acceptors (Lipinski definition) is 3. The van der Waals surface area contributed by atoms with Gasteiger partial charge in [-0.2, -0.15) is 0 Å². The Morgan fingerprint density at radius 3 is 2.65 bits per heavy atom. The highest BCUT2D eigenvalue weighted by atomic mass is 16.6. The lowest BCUT2D eigenvalue weighted by Crippen LogP contribution is -2.32. The molecule has 1 rings (SSSR count). The van der Waals surface area contributed by atoms with Crippen LogP contribution < -0.4 is 11.1 Å². The number of alkyl carbamates (subject to hydrolysis) is 1. The molecule has 20 heavy (non-hydrogen) atoms. The Morgan fingerprint density at radius 1 is 1.35 bits per heavy atom. The predicted molar refractivity (Wildman–Crippen MR) is 75.6 cm³/mol. The van der Waals surface area contributed by atoms with Crippen LogP contribution in [-0.4, -0.2) is 17.6 Å². The van der Waals surface area contributed by atoms with Gasteiger partial charge in [-0.1, -0.05) is 18.1 Å². The summed E-state index contributed by atoms with van der Waals surface area (Å²) in [4.78, 5) is 22.1. The summed E-state index contributed by atoms with van der Waals surface area (Å²) in [5.41, 5.74) is 5.93. The monoisotopic (exact) mass is 274 g/mol. The lowest BCUT2D eigenvalue weighted by atomic mass is 10.1. The largest absolute Gasteiger partial charge is 0.444 e. The van der Waals surface area contributed by atoms with Crippen LogP contribution in [0.4, 0.5) is 4.79 Å². The van der Waals surface area contributed by atoms with Crippen LogP contribution in [0.25, 0.3) is 0 Å². The van der Waals surface area contributed by atoms with E-state index in [-0.39, 0.29) is 0 Å². The van der Waals surface area contributed by atoms with Gasteiger partial charge in [0.2, 0.25) is 0 Å². The minimum atomic E-state index is -0.678. The fourth-order valence-electron chi connectivity index (χ4n) is 1.38. The summed E-state index contributed by atoms with van der Waals surface area (Å²) in [6.07, 6.45) is -0.480. The van der Waals surface area contributed by atoms with Crippen LogP contribution >= 0.6 is 0 Å². The maximum absolute atomic E-state index is 11.5. The average Bonchev–Trinajstić information content (AvgIpc) is 2.32. The van der Waals surface area contributed by atoms with Gasteiger partial charge >= 0.3 is 6.09 Å². The summed E-state index contributed by atoms with van der Waals surface area (Å²) >= 11 is 0. The van der Waals surface area contributed by atoms with Gasteiger partial charge in [-0.05, 0) is 44.4 Å². The number of nitrogens with two attached hydrogens (primary N) is 1. The first-order valence-corrected chi connectivity index (χ1v) is 6.13. The summed E-state index contributed by atoms with van der Waals surface area (Å²) in [6, 6.07) is 7.16. The maximum Gasteiger partial charge on any atom is 0.407 e. The van der Waals surface area contributed by atoms with Crippen LogP contribution in [0.3, 0.4) is 0 Å². The Balaban J connectivity index is 2.62. The van der Waals surface area contributed by atoms with Crippen LogP contribution in [0.2, 0.25) is 0 Å². The van der Waals surface area contributed by atoms with Crippen molar-refractivity contribution in [3.05, 3.63) is 35.4 Å². The van der Waals surface area contributed by atoms with Gasteiger partial charge in [-0.3, -0.25) is 4.79 Å². The average molecular weight is 274 g/mol. The number of rotatable bonds is 2. The van der Waals surface area contributed by atoms with Crippen molar-refractivity contribution in [2.45, 2.75) is 32.9 Å². The van der Waals surface area contributed by atoms with Crippen LogP contribution in [-0.2, 0) is 16.1 Å². The van der Waals surface area contributed by atoms with E-state index < -0.39 is 17.6 Å². The topological polar surface area (TPSA) is 81.4 Å². The Morgan fingerprint density at radius 2 is 2.05 bits per heavy atom. The van der Waals surface area contributed by atoms with Crippen molar-refractivity contribution in [3.63, 3.8) is 0 Å². The molecular formula is C15H18N2O3. The molecule has 0 aliphatic heterocycles. The zero-order valence-corrected chi connectivity index (χ0v) is 11.8. The number of nitrogens with one attached hydrogen (secondary N) is 1. The molecule has 0 saturated heterocycles. The van der Waals surface area contributed by atoms with Gasteiger partial charge in [0.15, 0.2) is 0 Å². The molecule has 0 aliphatic rings. The molecule has 1 aromatic rings. The molecule has 0 heterocycles.